The number of rotatable bonds is 2. The van der Waals surface area contributed by atoms with E-state index in [1.807, 2.05) is 6.07 Å². The summed E-state index contributed by atoms with van der Waals surface area (Å²) in [5.41, 5.74) is 2.60. The molecule has 4 nitrogen and oxygen atoms in total. The van der Waals surface area contributed by atoms with Gasteiger partial charge in [0.25, 0.3) is 0 Å². The van der Waals surface area contributed by atoms with Crippen molar-refractivity contribution in [2.24, 2.45) is 0 Å². The molecule has 3 unspecified atom stereocenters. The van der Waals surface area contributed by atoms with Gasteiger partial charge in [-0.3, -0.25) is 4.79 Å². The number of aryl methyl sites for hydroxylation is 1. The number of carbonyl (C=O) groups is 1. The summed E-state index contributed by atoms with van der Waals surface area (Å²) in [4.78, 5) is 12.2. The average molecular weight is 260 g/mol. The number of hydrogen-bond donors (Lipinski definition) is 3. The van der Waals surface area contributed by atoms with E-state index in [9.17, 15) is 9.90 Å². The summed E-state index contributed by atoms with van der Waals surface area (Å²) >= 11 is 0. The van der Waals surface area contributed by atoms with E-state index in [-0.39, 0.29) is 18.0 Å². The Morgan fingerprint density at radius 1 is 1.37 bits per heavy atom. The van der Waals surface area contributed by atoms with Crippen LogP contribution in [-0.4, -0.2) is 29.7 Å². The van der Waals surface area contributed by atoms with Gasteiger partial charge in [-0.05, 0) is 36.8 Å². The lowest BCUT2D eigenvalue weighted by Gasteiger charge is -2.27. The lowest BCUT2D eigenvalue weighted by molar-refractivity contribution is -0.123. The maximum Gasteiger partial charge on any atom is 0.237 e. The smallest absolute Gasteiger partial charge is 0.237 e. The summed E-state index contributed by atoms with van der Waals surface area (Å²) < 4.78 is 0. The molecule has 0 aromatic heterocycles. The minimum Gasteiger partial charge on any atom is -0.392 e. The van der Waals surface area contributed by atoms with Crippen molar-refractivity contribution in [1.82, 2.24) is 10.6 Å². The normalized spacial score (nSPS) is 29.8. The van der Waals surface area contributed by atoms with E-state index in [1.165, 1.54) is 11.1 Å². The van der Waals surface area contributed by atoms with Crippen molar-refractivity contribution < 1.29 is 9.90 Å². The molecule has 0 spiro atoms. The van der Waals surface area contributed by atoms with Crippen LogP contribution in [0.2, 0.25) is 0 Å². The molecule has 1 saturated heterocycles. The van der Waals surface area contributed by atoms with Crippen LogP contribution in [0.3, 0.4) is 0 Å². The fourth-order valence-corrected chi connectivity index (χ4v) is 3.09. The Labute approximate surface area is 113 Å². The highest BCUT2D eigenvalue weighted by atomic mass is 16.3. The topological polar surface area (TPSA) is 61.4 Å². The number of nitrogens with one attached hydrogen (secondary N) is 2. The van der Waals surface area contributed by atoms with Crippen molar-refractivity contribution in [3.8, 4) is 0 Å². The van der Waals surface area contributed by atoms with Crippen molar-refractivity contribution in [1.29, 1.82) is 0 Å². The molecule has 1 aliphatic carbocycles. The number of β-amino-alcohol motifs (C(OH)–C–C–N with tert-alkyl or cyclic N) is 1. The Morgan fingerprint density at radius 3 is 3.00 bits per heavy atom. The molecule has 0 bridgehead atoms. The van der Waals surface area contributed by atoms with E-state index in [0.29, 0.717) is 13.0 Å². The summed E-state index contributed by atoms with van der Waals surface area (Å²) in [6.07, 6.45) is 3.33. The van der Waals surface area contributed by atoms with Gasteiger partial charge in [0.1, 0.15) is 0 Å². The van der Waals surface area contributed by atoms with Crippen LogP contribution in [0.5, 0.6) is 0 Å². The van der Waals surface area contributed by atoms with E-state index in [4.69, 9.17) is 0 Å². The summed E-state index contributed by atoms with van der Waals surface area (Å²) in [5, 5.41) is 15.7. The van der Waals surface area contributed by atoms with Crippen LogP contribution in [0.1, 0.15) is 36.4 Å². The zero-order valence-corrected chi connectivity index (χ0v) is 10.9. The number of aliphatic hydroxyl groups excluding tert-OH is 1. The predicted molar refractivity (Wildman–Crippen MR) is 72.7 cm³/mol. The van der Waals surface area contributed by atoms with E-state index in [2.05, 4.69) is 28.8 Å². The molecule has 1 heterocycles. The molecule has 0 saturated carbocycles. The molecule has 102 valence electrons. The summed E-state index contributed by atoms with van der Waals surface area (Å²) in [5.74, 6) is 0.0123. The standard InChI is InChI=1S/C15H20N2O2/c18-11-8-14(16-9-11)15(19)17-13-7-3-5-10-4-1-2-6-12(10)13/h1-2,4,6,11,13-14,16,18H,3,5,7-9H2,(H,17,19). The lowest BCUT2D eigenvalue weighted by atomic mass is 9.87. The number of benzene rings is 1. The van der Waals surface area contributed by atoms with Gasteiger partial charge in [-0.1, -0.05) is 24.3 Å². The molecule has 19 heavy (non-hydrogen) atoms. The third-order valence-electron chi connectivity index (χ3n) is 4.11. The minimum absolute atomic E-state index is 0.0123. The number of hydrogen-bond acceptors (Lipinski definition) is 3. The number of carbonyl (C=O) groups excluding carboxylic acids is 1. The third-order valence-corrected chi connectivity index (χ3v) is 4.11. The van der Waals surface area contributed by atoms with Gasteiger partial charge in [-0.15, -0.1) is 0 Å². The molecule has 4 heteroatoms. The van der Waals surface area contributed by atoms with Gasteiger partial charge >= 0.3 is 0 Å². The Morgan fingerprint density at radius 2 is 2.21 bits per heavy atom. The van der Waals surface area contributed by atoms with Gasteiger partial charge in [-0.25, -0.2) is 0 Å². The highest BCUT2D eigenvalue weighted by Gasteiger charge is 2.30. The SMILES string of the molecule is O=C(NC1CCCc2ccccc21)C1CC(O)CN1. The Bertz CT molecular complexity index is 475. The van der Waals surface area contributed by atoms with Gasteiger partial charge in [0.05, 0.1) is 18.2 Å². The Hall–Kier alpha value is -1.39. The number of amides is 1. The molecular weight excluding hydrogens is 240 g/mol. The van der Waals surface area contributed by atoms with Gasteiger partial charge < -0.3 is 15.7 Å². The molecule has 1 aliphatic heterocycles. The molecule has 1 aromatic carbocycles. The lowest BCUT2D eigenvalue weighted by Crippen LogP contribution is -2.42. The third kappa shape index (κ3) is 2.65. The fourth-order valence-electron chi connectivity index (χ4n) is 3.09. The first kappa shape index (κ1) is 12.6. The fraction of sp³-hybridized carbons (Fsp3) is 0.533. The van der Waals surface area contributed by atoms with E-state index in [0.717, 1.165) is 19.3 Å². The molecule has 0 radical (unpaired) electrons. The van der Waals surface area contributed by atoms with Crippen LogP contribution in [0.25, 0.3) is 0 Å². The van der Waals surface area contributed by atoms with Crippen molar-refractivity contribution in [2.75, 3.05) is 6.54 Å². The second-order valence-electron chi connectivity index (χ2n) is 5.50. The van der Waals surface area contributed by atoms with Crippen LogP contribution in [-0.2, 0) is 11.2 Å². The van der Waals surface area contributed by atoms with E-state index < -0.39 is 6.10 Å². The van der Waals surface area contributed by atoms with E-state index >= 15 is 0 Å². The molecule has 3 rings (SSSR count). The van der Waals surface area contributed by atoms with Gasteiger partial charge in [0, 0.05) is 6.54 Å². The maximum absolute atomic E-state index is 12.2. The van der Waals surface area contributed by atoms with Crippen LogP contribution in [0, 0.1) is 0 Å². The Kier molecular flexibility index (Phi) is 3.53. The van der Waals surface area contributed by atoms with Crippen molar-refractivity contribution in [2.45, 2.75) is 43.9 Å². The summed E-state index contributed by atoms with van der Waals surface area (Å²) in [6.45, 7) is 0.513. The molecule has 1 aromatic rings. The zero-order valence-electron chi connectivity index (χ0n) is 10.9. The van der Waals surface area contributed by atoms with E-state index in [1.54, 1.807) is 0 Å². The molecule has 3 N–H and O–H groups in total. The number of aliphatic hydroxyl groups is 1. The van der Waals surface area contributed by atoms with Gasteiger partial charge in [0.15, 0.2) is 0 Å². The van der Waals surface area contributed by atoms with Crippen LogP contribution < -0.4 is 10.6 Å². The first-order valence-electron chi connectivity index (χ1n) is 7.03. The van der Waals surface area contributed by atoms with Crippen molar-refractivity contribution >= 4 is 5.91 Å². The second kappa shape index (κ2) is 5.31. The summed E-state index contributed by atoms with van der Waals surface area (Å²) in [7, 11) is 0. The highest BCUT2D eigenvalue weighted by Crippen LogP contribution is 2.29. The molecule has 2 aliphatic rings. The predicted octanol–water partition coefficient (Wildman–Crippen LogP) is 0.903. The van der Waals surface area contributed by atoms with Crippen LogP contribution >= 0.6 is 0 Å². The molecule has 3 atom stereocenters. The largest absolute Gasteiger partial charge is 0.392 e. The first-order valence-corrected chi connectivity index (χ1v) is 7.03. The molecule has 1 amide bonds. The van der Waals surface area contributed by atoms with Crippen molar-refractivity contribution in [3.05, 3.63) is 35.4 Å². The highest BCUT2D eigenvalue weighted by molar-refractivity contribution is 5.82. The molecule has 1 fully saturated rings. The van der Waals surface area contributed by atoms with Gasteiger partial charge in [0.2, 0.25) is 5.91 Å². The number of fused-ring (bicyclic) bond motifs is 1. The minimum atomic E-state index is -0.394. The monoisotopic (exact) mass is 260 g/mol. The quantitative estimate of drug-likeness (QED) is 0.740. The average Bonchev–Trinajstić information content (AvgIpc) is 2.86. The van der Waals surface area contributed by atoms with Gasteiger partial charge in [-0.2, -0.15) is 0 Å². The second-order valence-corrected chi connectivity index (χ2v) is 5.50. The Balaban J connectivity index is 1.69. The van der Waals surface area contributed by atoms with Crippen LogP contribution in [0.4, 0.5) is 0 Å². The first-order chi connectivity index (χ1) is 9.24. The molecular formula is C15H20N2O2. The van der Waals surface area contributed by atoms with Crippen LogP contribution in [0.15, 0.2) is 24.3 Å². The maximum atomic E-state index is 12.2. The summed E-state index contributed by atoms with van der Waals surface area (Å²) in [6, 6.07) is 8.21. The zero-order chi connectivity index (χ0) is 13.2. The van der Waals surface area contributed by atoms with Crippen molar-refractivity contribution in [3.63, 3.8) is 0 Å².